The number of rotatable bonds is 2. The fourth-order valence-corrected chi connectivity index (χ4v) is 4.88. The van der Waals surface area contributed by atoms with Crippen molar-refractivity contribution >= 4 is 23.2 Å². The van der Waals surface area contributed by atoms with Crippen molar-refractivity contribution in [2.24, 2.45) is 5.92 Å². The molecule has 2 aliphatic rings. The molecule has 9 heteroatoms. The molecular formula is C20H19F3N2O3S. The smallest absolute Gasteiger partial charge is 0.416 e. The maximum Gasteiger partial charge on any atom is 0.416 e. The normalized spacial score (nSPS) is 21.1. The lowest BCUT2D eigenvalue weighted by Crippen LogP contribution is -2.44. The zero-order chi connectivity index (χ0) is 21.0. The molecule has 1 aromatic carbocycles. The maximum absolute atomic E-state index is 13.0. The Hall–Kier alpha value is -2.42. The van der Waals surface area contributed by atoms with Gasteiger partial charge in [0.25, 0.3) is 0 Å². The van der Waals surface area contributed by atoms with E-state index in [4.69, 9.17) is 4.74 Å². The van der Waals surface area contributed by atoms with Crippen LogP contribution in [0.15, 0.2) is 24.3 Å². The summed E-state index contributed by atoms with van der Waals surface area (Å²) >= 11 is 1.30. The molecule has 1 amide bonds. The van der Waals surface area contributed by atoms with E-state index in [1.807, 2.05) is 0 Å². The van der Waals surface area contributed by atoms with Crippen molar-refractivity contribution in [2.75, 3.05) is 6.54 Å². The van der Waals surface area contributed by atoms with E-state index in [0.717, 1.165) is 22.7 Å². The number of aromatic nitrogens is 1. The Balaban J connectivity index is 1.55. The van der Waals surface area contributed by atoms with E-state index in [1.54, 1.807) is 24.8 Å². The first kappa shape index (κ1) is 19.9. The monoisotopic (exact) mass is 424 g/mol. The van der Waals surface area contributed by atoms with Gasteiger partial charge in [0.1, 0.15) is 10.6 Å². The van der Waals surface area contributed by atoms with Crippen molar-refractivity contribution in [3.8, 4) is 10.6 Å². The number of hydrogen-bond acceptors (Lipinski definition) is 5. The second kappa shape index (κ2) is 6.83. The molecule has 0 N–H and O–H groups in total. The van der Waals surface area contributed by atoms with E-state index < -0.39 is 23.3 Å². The summed E-state index contributed by atoms with van der Waals surface area (Å²) in [5.41, 5.74) is -0.337. The van der Waals surface area contributed by atoms with Crippen LogP contribution in [0.25, 0.3) is 10.6 Å². The highest BCUT2D eigenvalue weighted by Gasteiger charge is 2.48. The molecule has 0 radical (unpaired) electrons. The number of carbonyl (C=O) groups is 2. The van der Waals surface area contributed by atoms with E-state index in [0.29, 0.717) is 30.1 Å². The van der Waals surface area contributed by atoms with Gasteiger partial charge in [-0.15, -0.1) is 11.3 Å². The third-order valence-corrected chi connectivity index (χ3v) is 6.50. The van der Waals surface area contributed by atoms with E-state index in [1.165, 1.54) is 17.4 Å². The SMILES string of the molecule is CC1(C)OC(=O)CC1C(=O)N1CCc2nc(-c3cccc(C(F)(F)F)c3)sc2C1. The van der Waals surface area contributed by atoms with Crippen LogP contribution in [-0.2, 0) is 33.5 Å². The third kappa shape index (κ3) is 3.75. The molecule has 1 atom stereocenters. The van der Waals surface area contributed by atoms with Crippen LogP contribution in [-0.4, -0.2) is 33.9 Å². The summed E-state index contributed by atoms with van der Waals surface area (Å²) in [5.74, 6) is -1.05. The molecule has 2 aromatic rings. The first-order valence-corrected chi connectivity index (χ1v) is 10.0. The Morgan fingerprint density at radius 2 is 2.10 bits per heavy atom. The van der Waals surface area contributed by atoms with Crippen molar-refractivity contribution in [2.45, 2.75) is 45.0 Å². The Morgan fingerprint density at radius 3 is 2.76 bits per heavy atom. The number of nitrogens with zero attached hydrogens (tertiary/aromatic N) is 2. The highest BCUT2D eigenvalue weighted by Crippen LogP contribution is 2.38. The lowest BCUT2D eigenvalue weighted by atomic mass is 9.89. The van der Waals surface area contributed by atoms with Gasteiger partial charge in [-0.1, -0.05) is 12.1 Å². The molecule has 0 saturated carbocycles. The molecular weight excluding hydrogens is 405 g/mol. The number of cyclic esters (lactones) is 1. The van der Waals surface area contributed by atoms with Crippen LogP contribution in [0.4, 0.5) is 13.2 Å². The number of fused-ring (bicyclic) bond motifs is 1. The van der Waals surface area contributed by atoms with E-state index >= 15 is 0 Å². The average molecular weight is 424 g/mol. The van der Waals surface area contributed by atoms with Crippen molar-refractivity contribution in [1.82, 2.24) is 9.88 Å². The number of benzene rings is 1. The minimum absolute atomic E-state index is 0.0629. The van der Waals surface area contributed by atoms with E-state index in [2.05, 4.69) is 4.98 Å². The highest BCUT2D eigenvalue weighted by atomic mass is 32.1. The predicted molar refractivity (Wildman–Crippen MR) is 100.0 cm³/mol. The van der Waals surface area contributed by atoms with Crippen LogP contribution in [0.5, 0.6) is 0 Å². The summed E-state index contributed by atoms with van der Waals surface area (Å²) in [7, 11) is 0. The number of alkyl halides is 3. The van der Waals surface area contributed by atoms with Crippen LogP contribution >= 0.6 is 11.3 Å². The number of thiazole rings is 1. The van der Waals surface area contributed by atoms with Gasteiger partial charge in [-0.25, -0.2) is 4.98 Å². The molecule has 1 saturated heterocycles. The van der Waals surface area contributed by atoms with Gasteiger partial charge in [0.15, 0.2) is 0 Å². The number of esters is 1. The topological polar surface area (TPSA) is 59.5 Å². The minimum Gasteiger partial charge on any atom is -0.459 e. The van der Waals surface area contributed by atoms with Gasteiger partial charge in [-0.2, -0.15) is 13.2 Å². The third-order valence-electron chi connectivity index (χ3n) is 5.36. The minimum atomic E-state index is -4.41. The molecule has 154 valence electrons. The zero-order valence-corrected chi connectivity index (χ0v) is 16.7. The van der Waals surface area contributed by atoms with Gasteiger partial charge < -0.3 is 9.64 Å². The van der Waals surface area contributed by atoms with Crippen molar-refractivity contribution < 1.29 is 27.5 Å². The Kier molecular flexibility index (Phi) is 4.68. The fraction of sp³-hybridized carbons (Fsp3) is 0.450. The standard InChI is InChI=1S/C20H19F3N2O3S/c1-19(2)13(9-16(26)28-19)18(27)25-7-6-14-15(10-25)29-17(24-14)11-4-3-5-12(8-11)20(21,22)23/h3-5,8,13H,6-7,9-10H2,1-2H3. The first-order chi connectivity index (χ1) is 13.5. The van der Waals surface area contributed by atoms with Gasteiger partial charge in [-0.05, 0) is 26.0 Å². The number of halogens is 3. The first-order valence-electron chi connectivity index (χ1n) is 9.21. The summed E-state index contributed by atoms with van der Waals surface area (Å²) in [6, 6.07) is 5.10. The number of hydrogen-bond donors (Lipinski definition) is 0. The molecule has 0 bridgehead atoms. The highest BCUT2D eigenvalue weighted by molar-refractivity contribution is 7.15. The largest absolute Gasteiger partial charge is 0.459 e. The summed E-state index contributed by atoms with van der Waals surface area (Å²) in [5, 5.41) is 0.509. The molecule has 29 heavy (non-hydrogen) atoms. The molecule has 0 aliphatic carbocycles. The molecule has 3 heterocycles. The lowest BCUT2D eigenvalue weighted by Gasteiger charge is -2.32. The van der Waals surface area contributed by atoms with Crippen LogP contribution < -0.4 is 0 Å². The van der Waals surface area contributed by atoms with E-state index in [9.17, 15) is 22.8 Å². The van der Waals surface area contributed by atoms with Gasteiger partial charge in [0, 0.05) is 23.4 Å². The Morgan fingerprint density at radius 1 is 1.34 bits per heavy atom. The van der Waals surface area contributed by atoms with Gasteiger partial charge in [0.05, 0.1) is 30.1 Å². The second-order valence-corrected chi connectivity index (χ2v) is 8.90. The number of ether oxygens (including phenoxy) is 1. The Bertz CT molecular complexity index is 984. The van der Waals surface area contributed by atoms with Crippen molar-refractivity contribution in [1.29, 1.82) is 0 Å². The molecule has 1 fully saturated rings. The van der Waals surface area contributed by atoms with Crippen LogP contribution in [0.1, 0.15) is 36.4 Å². The molecule has 0 spiro atoms. The average Bonchev–Trinajstić information content (AvgIpc) is 3.19. The lowest BCUT2D eigenvalue weighted by molar-refractivity contribution is -0.149. The zero-order valence-electron chi connectivity index (χ0n) is 15.9. The van der Waals surface area contributed by atoms with Gasteiger partial charge >= 0.3 is 12.1 Å². The van der Waals surface area contributed by atoms with Crippen molar-refractivity contribution in [3.63, 3.8) is 0 Å². The molecule has 4 rings (SSSR count). The van der Waals surface area contributed by atoms with Crippen LogP contribution in [0.3, 0.4) is 0 Å². The van der Waals surface area contributed by atoms with Crippen LogP contribution in [0.2, 0.25) is 0 Å². The van der Waals surface area contributed by atoms with Crippen molar-refractivity contribution in [3.05, 3.63) is 40.4 Å². The summed E-state index contributed by atoms with van der Waals surface area (Å²) in [4.78, 5) is 31.6. The molecule has 1 aromatic heterocycles. The van der Waals surface area contributed by atoms with Crippen LogP contribution in [0, 0.1) is 5.92 Å². The summed E-state index contributed by atoms with van der Waals surface area (Å²) in [6.45, 7) is 4.26. The van der Waals surface area contributed by atoms with Gasteiger partial charge in [-0.3, -0.25) is 9.59 Å². The maximum atomic E-state index is 13.0. The molecule has 2 aliphatic heterocycles. The predicted octanol–water partition coefficient (Wildman–Crippen LogP) is 4.06. The second-order valence-electron chi connectivity index (χ2n) is 7.81. The Labute approximate surface area is 169 Å². The van der Waals surface area contributed by atoms with E-state index in [-0.39, 0.29) is 18.3 Å². The summed E-state index contributed by atoms with van der Waals surface area (Å²) < 4.78 is 44.2. The van der Waals surface area contributed by atoms with Gasteiger partial charge in [0.2, 0.25) is 5.91 Å². The fourth-order valence-electron chi connectivity index (χ4n) is 3.76. The summed E-state index contributed by atoms with van der Waals surface area (Å²) in [6.07, 6.45) is -3.82. The molecule has 5 nitrogen and oxygen atoms in total. The quantitative estimate of drug-likeness (QED) is 0.683. The number of carbonyl (C=O) groups excluding carboxylic acids is 2. The molecule has 1 unspecified atom stereocenters. The number of amides is 1.